The molecule has 2 fully saturated rings. The maximum Gasteiger partial charge on any atom is 0.0486 e. The van der Waals surface area contributed by atoms with Crippen molar-refractivity contribution in [1.29, 1.82) is 0 Å². The highest BCUT2D eigenvalue weighted by Gasteiger charge is 2.33. The van der Waals surface area contributed by atoms with Crippen LogP contribution in [-0.2, 0) is 0 Å². The third kappa shape index (κ3) is 2.50. The molecule has 2 atom stereocenters. The van der Waals surface area contributed by atoms with E-state index in [2.05, 4.69) is 51.7 Å². The Morgan fingerprint density at radius 2 is 1.94 bits per heavy atom. The SMILES string of the molecule is Cc1ccc(NC2CC3CCC(C2)N3)c(Br)c1. The second kappa shape index (κ2) is 4.62. The average molecular weight is 295 g/mol. The number of nitrogens with one attached hydrogen (secondary N) is 2. The van der Waals surface area contributed by atoms with Crippen molar-refractivity contribution in [2.75, 3.05) is 5.32 Å². The predicted octanol–water partition coefficient (Wildman–Crippen LogP) is 3.45. The molecule has 0 radical (unpaired) electrons. The molecule has 2 nitrogen and oxygen atoms in total. The molecule has 3 heteroatoms. The Bertz CT molecular complexity index is 407. The molecule has 2 unspecified atom stereocenters. The van der Waals surface area contributed by atoms with Crippen molar-refractivity contribution < 1.29 is 0 Å². The van der Waals surface area contributed by atoms with Gasteiger partial charge in [0.05, 0.1) is 0 Å². The lowest BCUT2D eigenvalue weighted by molar-refractivity contribution is 0.378. The van der Waals surface area contributed by atoms with E-state index in [1.165, 1.54) is 41.4 Å². The Labute approximate surface area is 111 Å². The number of aryl methyl sites for hydroxylation is 1. The van der Waals surface area contributed by atoms with Crippen LogP contribution in [0.4, 0.5) is 5.69 Å². The predicted molar refractivity (Wildman–Crippen MR) is 75.5 cm³/mol. The first-order valence-corrected chi connectivity index (χ1v) is 7.29. The molecule has 0 amide bonds. The highest BCUT2D eigenvalue weighted by molar-refractivity contribution is 9.10. The van der Waals surface area contributed by atoms with E-state index in [0.717, 1.165) is 12.1 Å². The zero-order valence-electron chi connectivity index (χ0n) is 10.2. The zero-order chi connectivity index (χ0) is 11.8. The van der Waals surface area contributed by atoms with E-state index in [-0.39, 0.29) is 0 Å². The number of piperidine rings is 1. The Morgan fingerprint density at radius 3 is 2.59 bits per heavy atom. The van der Waals surface area contributed by atoms with Gasteiger partial charge in [0.25, 0.3) is 0 Å². The second-order valence-electron chi connectivity index (χ2n) is 5.43. The first kappa shape index (κ1) is 11.5. The lowest BCUT2D eigenvalue weighted by Crippen LogP contribution is -2.43. The molecule has 2 saturated heterocycles. The van der Waals surface area contributed by atoms with Crippen molar-refractivity contribution in [3.05, 3.63) is 28.2 Å². The lowest BCUT2D eigenvalue weighted by atomic mass is 9.99. The van der Waals surface area contributed by atoms with Crippen molar-refractivity contribution in [2.24, 2.45) is 0 Å². The van der Waals surface area contributed by atoms with E-state index < -0.39 is 0 Å². The summed E-state index contributed by atoms with van der Waals surface area (Å²) in [5.74, 6) is 0. The van der Waals surface area contributed by atoms with Gasteiger partial charge in [0.1, 0.15) is 0 Å². The number of fused-ring (bicyclic) bond motifs is 2. The summed E-state index contributed by atoms with van der Waals surface area (Å²) < 4.78 is 1.18. The van der Waals surface area contributed by atoms with Gasteiger partial charge in [-0.1, -0.05) is 6.07 Å². The first-order valence-electron chi connectivity index (χ1n) is 6.49. The molecule has 0 spiro atoms. The van der Waals surface area contributed by atoms with Gasteiger partial charge in [-0.2, -0.15) is 0 Å². The van der Waals surface area contributed by atoms with Crippen molar-refractivity contribution in [1.82, 2.24) is 5.32 Å². The molecular weight excluding hydrogens is 276 g/mol. The minimum atomic E-state index is 0.632. The fraction of sp³-hybridized carbons (Fsp3) is 0.571. The molecule has 2 aliphatic heterocycles. The van der Waals surface area contributed by atoms with Crippen molar-refractivity contribution in [2.45, 2.75) is 50.7 Å². The summed E-state index contributed by atoms with van der Waals surface area (Å²) in [5, 5.41) is 7.37. The topological polar surface area (TPSA) is 24.1 Å². The molecule has 0 aliphatic carbocycles. The molecule has 2 heterocycles. The normalized spacial score (nSPS) is 31.5. The molecule has 0 aromatic heterocycles. The third-order valence-corrected chi connectivity index (χ3v) is 4.61. The summed E-state index contributed by atoms with van der Waals surface area (Å²) in [4.78, 5) is 0. The first-order chi connectivity index (χ1) is 8.20. The van der Waals surface area contributed by atoms with E-state index in [0.29, 0.717) is 6.04 Å². The lowest BCUT2D eigenvalue weighted by Gasteiger charge is -2.30. The van der Waals surface area contributed by atoms with Crippen LogP contribution in [0.5, 0.6) is 0 Å². The summed E-state index contributed by atoms with van der Waals surface area (Å²) in [6, 6.07) is 8.66. The van der Waals surface area contributed by atoms with Crippen LogP contribution in [0.3, 0.4) is 0 Å². The third-order valence-electron chi connectivity index (χ3n) is 3.96. The van der Waals surface area contributed by atoms with Crippen molar-refractivity contribution >= 4 is 21.6 Å². The number of hydrogen-bond acceptors (Lipinski definition) is 2. The molecule has 1 aromatic carbocycles. The minimum Gasteiger partial charge on any atom is -0.381 e. The van der Waals surface area contributed by atoms with Gasteiger partial charge < -0.3 is 10.6 Å². The van der Waals surface area contributed by atoms with Crippen LogP contribution < -0.4 is 10.6 Å². The highest BCUT2D eigenvalue weighted by Crippen LogP contribution is 2.31. The van der Waals surface area contributed by atoms with Crippen LogP contribution in [0, 0.1) is 6.92 Å². The highest BCUT2D eigenvalue weighted by atomic mass is 79.9. The Kier molecular flexibility index (Phi) is 3.14. The number of benzene rings is 1. The van der Waals surface area contributed by atoms with Crippen LogP contribution in [-0.4, -0.2) is 18.1 Å². The fourth-order valence-corrected chi connectivity index (χ4v) is 3.74. The molecule has 0 saturated carbocycles. The Morgan fingerprint density at radius 1 is 1.24 bits per heavy atom. The largest absolute Gasteiger partial charge is 0.381 e. The summed E-state index contributed by atoms with van der Waals surface area (Å²) in [5.41, 5.74) is 2.54. The van der Waals surface area contributed by atoms with E-state index in [9.17, 15) is 0 Å². The standard InChI is InChI=1S/C14H19BrN2/c1-9-2-5-14(13(15)6-9)17-12-7-10-3-4-11(8-12)16-10/h2,5-6,10-12,16-17H,3-4,7-8H2,1H3. The summed E-state index contributed by atoms with van der Waals surface area (Å²) in [7, 11) is 0. The molecule has 1 aromatic rings. The number of rotatable bonds is 2. The maximum absolute atomic E-state index is 3.69. The fourth-order valence-electron chi connectivity index (χ4n) is 3.13. The summed E-state index contributed by atoms with van der Waals surface area (Å²) in [6.07, 6.45) is 5.24. The van der Waals surface area contributed by atoms with E-state index >= 15 is 0 Å². The number of hydrogen-bond donors (Lipinski definition) is 2. The van der Waals surface area contributed by atoms with E-state index in [1.807, 2.05) is 0 Å². The van der Waals surface area contributed by atoms with E-state index in [4.69, 9.17) is 0 Å². The zero-order valence-corrected chi connectivity index (χ0v) is 11.8. The quantitative estimate of drug-likeness (QED) is 0.873. The Hall–Kier alpha value is -0.540. The van der Waals surface area contributed by atoms with Gasteiger partial charge in [-0.05, 0) is 66.2 Å². The molecular formula is C14H19BrN2. The van der Waals surface area contributed by atoms with Crippen LogP contribution in [0.25, 0.3) is 0 Å². The van der Waals surface area contributed by atoms with Gasteiger partial charge in [0.15, 0.2) is 0 Å². The minimum absolute atomic E-state index is 0.632. The summed E-state index contributed by atoms with van der Waals surface area (Å²) >= 11 is 3.64. The van der Waals surface area contributed by atoms with Gasteiger partial charge >= 0.3 is 0 Å². The molecule has 2 N–H and O–H groups in total. The number of halogens is 1. The van der Waals surface area contributed by atoms with Crippen LogP contribution in [0.2, 0.25) is 0 Å². The molecule has 17 heavy (non-hydrogen) atoms. The summed E-state index contributed by atoms with van der Waals surface area (Å²) in [6.45, 7) is 2.12. The molecule has 2 bridgehead atoms. The van der Waals surface area contributed by atoms with Crippen LogP contribution in [0.15, 0.2) is 22.7 Å². The molecule has 2 aliphatic rings. The van der Waals surface area contributed by atoms with Crippen molar-refractivity contribution in [3.63, 3.8) is 0 Å². The van der Waals surface area contributed by atoms with Crippen molar-refractivity contribution in [3.8, 4) is 0 Å². The van der Waals surface area contributed by atoms with Gasteiger partial charge in [-0.15, -0.1) is 0 Å². The monoisotopic (exact) mass is 294 g/mol. The average Bonchev–Trinajstić information content (AvgIpc) is 2.62. The van der Waals surface area contributed by atoms with Crippen LogP contribution in [0.1, 0.15) is 31.2 Å². The van der Waals surface area contributed by atoms with Gasteiger partial charge in [-0.25, -0.2) is 0 Å². The van der Waals surface area contributed by atoms with Gasteiger partial charge in [0.2, 0.25) is 0 Å². The van der Waals surface area contributed by atoms with E-state index in [1.54, 1.807) is 0 Å². The van der Waals surface area contributed by atoms with Crippen LogP contribution >= 0.6 is 15.9 Å². The Balaban J connectivity index is 1.70. The maximum atomic E-state index is 3.69. The molecule has 3 rings (SSSR count). The number of anilines is 1. The van der Waals surface area contributed by atoms with Gasteiger partial charge in [-0.3, -0.25) is 0 Å². The second-order valence-corrected chi connectivity index (χ2v) is 6.29. The smallest absolute Gasteiger partial charge is 0.0486 e. The van der Waals surface area contributed by atoms with Gasteiger partial charge in [0, 0.05) is 28.3 Å². The molecule has 92 valence electrons.